The lowest BCUT2D eigenvalue weighted by molar-refractivity contribution is -0.141. The predicted octanol–water partition coefficient (Wildman–Crippen LogP) is 1.50. The van der Waals surface area contributed by atoms with Crippen LogP contribution in [-0.4, -0.2) is 19.5 Å². The molecule has 1 N–H and O–H groups in total. The Morgan fingerprint density at radius 1 is 1.36 bits per heavy atom. The highest BCUT2D eigenvalue weighted by Gasteiger charge is 2.51. The second kappa shape index (κ2) is 2.84. The van der Waals surface area contributed by atoms with Crippen LogP contribution < -0.4 is 5.54 Å². The van der Waals surface area contributed by atoms with Crippen LogP contribution >= 0.6 is 0 Å². The van der Waals surface area contributed by atoms with Crippen molar-refractivity contribution < 1.29 is 18.1 Å². The Hall–Kier alpha value is -0.523. The van der Waals surface area contributed by atoms with Crippen molar-refractivity contribution in [3.05, 3.63) is 0 Å². The Morgan fingerprint density at radius 3 is 1.82 bits per heavy atom. The van der Waals surface area contributed by atoms with Crippen LogP contribution in [0.4, 0.5) is 13.3 Å². The van der Waals surface area contributed by atoms with Crippen molar-refractivity contribution in [2.75, 3.05) is 0 Å². The van der Waals surface area contributed by atoms with Crippen LogP contribution in [0.1, 0.15) is 0 Å². The van der Waals surface area contributed by atoms with Crippen molar-refractivity contribution in [1.82, 2.24) is 5.54 Å². The summed E-state index contributed by atoms with van der Waals surface area (Å²) in [5, 5.41) is 0. The minimum Gasteiger partial charge on any atom is -0.266 e. The quantitative estimate of drug-likeness (QED) is 0.512. The maximum absolute atomic E-state index is 12.7. The first-order valence-corrected chi connectivity index (χ1v) is 6.52. The van der Waals surface area contributed by atoms with E-state index in [0.717, 1.165) is 0 Å². The van der Waals surface area contributed by atoms with Gasteiger partial charge in [0.2, 0.25) is 0 Å². The number of carbonyl (C=O) groups excluding carboxylic acids is 1. The zero-order valence-electron chi connectivity index (χ0n) is 6.54. The van der Waals surface area contributed by atoms with E-state index in [1.54, 1.807) is 0 Å². The van der Waals surface area contributed by atoms with Crippen LogP contribution in [0.25, 0.3) is 0 Å². The molecule has 2 nitrogen and oxygen atoms in total. The average molecular weight is 185 g/mol. The molecule has 0 aromatic carbocycles. The van der Waals surface area contributed by atoms with Gasteiger partial charge in [-0.1, -0.05) is 19.6 Å². The van der Waals surface area contributed by atoms with E-state index in [0.29, 0.717) is 5.54 Å². The van der Waals surface area contributed by atoms with Crippen molar-refractivity contribution in [3.8, 4) is 0 Å². The van der Waals surface area contributed by atoms with Crippen LogP contribution in [-0.2, 0) is 4.79 Å². The largest absolute Gasteiger partial charge is 0.313 e. The summed E-state index contributed by atoms with van der Waals surface area (Å²) in [6.07, 6.45) is 0. The summed E-state index contributed by atoms with van der Waals surface area (Å²) in [4.78, 5) is 10.3. The summed E-state index contributed by atoms with van der Waals surface area (Å²) in [6.45, 7) is 3.88. The summed E-state index contributed by atoms with van der Waals surface area (Å²) < 4.78 is 36.8. The third-order valence-electron chi connectivity index (χ3n) is 1.31. The summed E-state index contributed by atoms with van der Waals surface area (Å²) in [5.74, 6) is -1.84. The average Bonchev–Trinajstić information content (AvgIpc) is 1.83. The van der Waals surface area contributed by atoms with Gasteiger partial charge < -0.3 is 0 Å². The molecule has 11 heavy (non-hydrogen) atoms. The first-order chi connectivity index (χ1) is 4.73. The van der Waals surface area contributed by atoms with Gasteiger partial charge >= 0.3 is 11.5 Å². The first kappa shape index (κ1) is 10.5. The van der Waals surface area contributed by atoms with Gasteiger partial charge in [-0.05, 0) is 0 Å². The lowest BCUT2D eigenvalue weighted by Crippen LogP contribution is -2.54. The molecule has 0 radical (unpaired) electrons. The van der Waals surface area contributed by atoms with Gasteiger partial charge in [-0.25, -0.2) is 8.78 Å². The van der Waals surface area contributed by atoms with E-state index in [-0.39, 0.29) is 0 Å². The Morgan fingerprint density at radius 2 is 1.73 bits per heavy atom. The SMILES string of the molecule is C[Si](C)(C)C(F)(F)C(=O)NF. The number of halogens is 3. The highest BCUT2D eigenvalue weighted by atomic mass is 28.3. The molecule has 6 heteroatoms. The number of hydrogen-bond donors (Lipinski definition) is 1. The molecule has 0 heterocycles. The Labute approximate surface area is 63.7 Å². The monoisotopic (exact) mass is 185 g/mol. The smallest absolute Gasteiger partial charge is 0.266 e. The molecule has 0 rings (SSSR count). The molecule has 0 aliphatic carbocycles. The highest BCUT2D eigenvalue weighted by Crippen LogP contribution is 2.26. The fourth-order valence-electron chi connectivity index (χ4n) is 0.400. The Bertz CT molecular complexity index is 166. The molecule has 0 bridgehead atoms. The van der Waals surface area contributed by atoms with Crippen molar-refractivity contribution in [2.45, 2.75) is 25.2 Å². The molecular weight excluding hydrogens is 175 g/mol. The molecule has 0 fully saturated rings. The van der Waals surface area contributed by atoms with E-state index >= 15 is 0 Å². The van der Waals surface area contributed by atoms with Crippen LogP contribution in [0.15, 0.2) is 0 Å². The van der Waals surface area contributed by atoms with Crippen LogP contribution in [0.2, 0.25) is 19.6 Å². The van der Waals surface area contributed by atoms with Crippen LogP contribution in [0, 0.1) is 0 Å². The lowest BCUT2D eigenvalue weighted by Gasteiger charge is -2.25. The van der Waals surface area contributed by atoms with Gasteiger partial charge in [-0.3, -0.25) is 4.79 Å². The van der Waals surface area contributed by atoms with Gasteiger partial charge in [-0.15, -0.1) is 4.48 Å². The van der Waals surface area contributed by atoms with Gasteiger partial charge in [0.25, 0.3) is 0 Å². The van der Waals surface area contributed by atoms with Gasteiger partial charge in [0.15, 0.2) is 0 Å². The first-order valence-electron chi connectivity index (χ1n) is 3.02. The third kappa shape index (κ3) is 1.95. The van der Waals surface area contributed by atoms with E-state index in [2.05, 4.69) is 0 Å². The second-order valence-electron chi connectivity index (χ2n) is 3.25. The van der Waals surface area contributed by atoms with Gasteiger partial charge in [0.05, 0.1) is 0 Å². The van der Waals surface area contributed by atoms with Crippen LogP contribution in [0.3, 0.4) is 0 Å². The van der Waals surface area contributed by atoms with Crippen LogP contribution in [0.5, 0.6) is 0 Å². The van der Waals surface area contributed by atoms with Crippen molar-refractivity contribution in [3.63, 3.8) is 0 Å². The minimum atomic E-state index is -3.54. The zero-order chi connectivity index (χ0) is 9.28. The normalized spacial score (nSPS) is 12.9. The molecule has 1 amide bonds. The maximum Gasteiger partial charge on any atom is 0.313 e. The minimum absolute atomic E-state index is 0.458. The fourth-order valence-corrected chi connectivity index (χ4v) is 1.13. The summed E-state index contributed by atoms with van der Waals surface area (Å²) in [5.41, 5.74) is -3.08. The molecular formula is C5H10F3NOSi. The molecule has 0 atom stereocenters. The fraction of sp³-hybridized carbons (Fsp3) is 0.800. The number of alkyl halides is 2. The van der Waals surface area contributed by atoms with Crippen molar-refractivity contribution in [1.29, 1.82) is 0 Å². The standard InChI is InChI=1S/C5H10F3NOSi/c1-11(2,3)5(6,7)4(10)9-8/h1-3H3,(H,9,10). The number of hydrogen-bond acceptors (Lipinski definition) is 1. The second-order valence-corrected chi connectivity index (χ2v) is 8.38. The topological polar surface area (TPSA) is 29.1 Å². The molecule has 0 aliphatic heterocycles. The highest BCUT2D eigenvalue weighted by molar-refractivity contribution is 6.81. The summed E-state index contributed by atoms with van der Waals surface area (Å²) in [7, 11) is -2.95. The summed E-state index contributed by atoms with van der Waals surface area (Å²) in [6, 6.07) is 0. The Balaban J connectivity index is 4.59. The molecule has 0 unspecified atom stereocenters. The molecule has 0 saturated carbocycles. The van der Waals surface area contributed by atoms with Gasteiger partial charge in [-0.2, -0.15) is 5.54 Å². The number of nitrogens with one attached hydrogen (secondary N) is 1. The number of amides is 1. The van der Waals surface area contributed by atoms with Crippen molar-refractivity contribution >= 4 is 14.0 Å². The maximum atomic E-state index is 12.7. The lowest BCUT2D eigenvalue weighted by atomic mass is 10.7. The Kier molecular flexibility index (Phi) is 2.71. The van der Waals surface area contributed by atoms with E-state index in [1.807, 2.05) is 0 Å². The summed E-state index contributed by atoms with van der Waals surface area (Å²) >= 11 is 0. The number of carbonyl (C=O) groups is 1. The molecule has 0 aromatic heterocycles. The molecule has 0 aromatic rings. The van der Waals surface area contributed by atoms with Gasteiger partial charge in [0, 0.05) is 0 Å². The third-order valence-corrected chi connectivity index (χ3v) is 3.42. The van der Waals surface area contributed by atoms with Gasteiger partial charge in [0.1, 0.15) is 8.07 Å². The van der Waals surface area contributed by atoms with E-state index in [9.17, 15) is 18.1 Å². The molecule has 0 saturated heterocycles. The van der Waals surface area contributed by atoms with E-state index in [1.165, 1.54) is 19.6 Å². The van der Waals surface area contributed by atoms with E-state index < -0.39 is 19.5 Å². The molecule has 0 aliphatic rings. The van der Waals surface area contributed by atoms with E-state index in [4.69, 9.17) is 0 Å². The van der Waals surface area contributed by atoms with Crippen molar-refractivity contribution in [2.24, 2.45) is 0 Å². The zero-order valence-corrected chi connectivity index (χ0v) is 7.54. The molecule has 0 spiro atoms. The number of rotatable bonds is 2. The predicted molar refractivity (Wildman–Crippen MR) is 37.5 cm³/mol. The molecule has 66 valence electrons.